The first kappa shape index (κ1) is 10.3. The Morgan fingerprint density at radius 3 is 2.46 bits per heavy atom. The number of rotatable bonds is 5. The van der Waals surface area contributed by atoms with E-state index in [1.165, 1.54) is 0 Å². The van der Waals surface area contributed by atoms with Crippen LogP contribution >= 0.6 is 0 Å². The molecule has 0 atom stereocenters. The summed E-state index contributed by atoms with van der Waals surface area (Å²) < 4.78 is 27.7. The Labute approximate surface area is 78.3 Å². The molecule has 4 nitrogen and oxygen atoms in total. The fraction of sp³-hybridized carbons (Fsp3) is 0.500. The fourth-order valence-electron chi connectivity index (χ4n) is 0.977. The highest BCUT2D eigenvalue weighted by Gasteiger charge is 1.99. The van der Waals surface area contributed by atoms with Crippen molar-refractivity contribution in [2.75, 3.05) is 12.9 Å². The molecular weight excluding hydrogens is 190 g/mol. The molecule has 0 amide bonds. The van der Waals surface area contributed by atoms with E-state index in [2.05, 4.69) is 4.18 Å². The first-order valence-electron chi connectivity index (χ1n) is 4.03. The minimum atomic E-state index is -3.27. The van der Waals surface area contributed by atoms with Gasteiger partial charge in [-0.15, -0.1) is 0 Å². The van der Waals surface area contributed by atoms with Crippen molar-refractivity contribution in [1.29, 1.82) is 0 Å². The molecular formula is C8H13NO3S. The van der Waals surface area contributed by atoms with Gasteiger partial charge in [0.2, 0.25) is 0 Å². The van der Waals surface area contributed by atoms with Gasteiger partial charge in [-0.05, 0) is 18.6 Å². The average Bonchev–Trinajstić information content (AvgIpc) is 2.48. The van der Waals surface area contributed by atoms with Gasteiger partial charge in [-0.25, -0.2) is 0 Å². The van der Waals surface area contributed by atoms with Gasteiger partial charge in [-0.1, -0.05) is 0 Å². The van der Waals surface area contributed by atoms with Crippen molar-refractivity contribution in [3.05, 3.63) is 24.5 Å². The third kappa shape index (κ3) is 4.69. The predicted octanol–water partition coefficient (Wildman–Crippen LogP) is 0.854. The second-order valence-electron chi connectivity index (χ2n) is 2.80. The van der Waals surface area contributed by atoms with Crippen LogP contribution in [0.4, 0.5) is 0 Å². The minimum absolute atomic E-state index is 0.247. The first-order chi connectivity index (χ1) is 6.08. The van der Waals surface area contributed by atoms with Crippen molar-refractivity contribution in [1.82, 2.24) is 4.57 Å². The van der Waals surface area contributed by atoms with Crippen molar-refractivity contribution in [2.24, 2.45) is 0 Å². The summed E-state index contributed by atoms with van der Waals surface area (Å²) in [4.78, 5) is 0. The molecule has 13 heavy (non-hydrogen) atoms. The summed E-state index contributed by atoms with van der Waals surface area (Å²) in [5.41, 5.74) is 0. The van der Waals surface area contributed by atoms with Crippen molar-refractivity contribution >= 4 is 10.1 Å². The zero-order valence-corrected chi connectivity index (χ0v) is 8.33. The second-order valence-corrected chi connectivity index (χ2v) is 4.44. The summed E-state index contributed by atoms with van der Waals surface area (Å²) in [5, 5.41) is 0. The summed E-state index contributed by atoms with van der Waals surface area (Å²) in [7, 11) is -3.27. The molecule has 0 saturated carbocycles. The summed E-state index contributed by atoms with van der Waals surface area (Å²) in [6.07, 6.45) is 5.62. The van der Waals surface area contributed by atoms with Crippen LogP contribution in [-0.4, -0.2) is 25.8 Å². The number of hydrogen-bond donors (Lipinski definition) is 0. The van der Waals surface area contributed by atoms with Gasteiger partial charge in [0.05, 0.1) is 12.9 Å². The molecule has 0 spiro atoms. The van der Waals surface area contributed by atoms with Crippen LogP contribution in [0.5, 0.6) is 0 Å². The Hall–Kier alpha value is -0.810. The molecule has 74 valence electrons. The summed E-state index contributed by atoms with van der Waals surface area (Å²) in [5.74, 6) is 0. The van der Waals surface area contributed by atoms with Crippen LogP contribution in [0, 0.1) is 0 Å². The quantitative estimate of drug-likeness (QED) is 0.526. The number of hydrogen-bond acceptors (Lipinski definition) is 3. The van der Waals surface area contributed by atoms with E-state index in [9.17, 15) is 8.42 Å². The molecule has 0 aliphatic heterocycles. The van der Waals surface area contributed by atoms with E-state index in [0.717, 1.165) is 12.8 Å². The molecule has 0 aliphatic carbocycles. The summed E-state index contributed by atoms with van der Waals surface area (Å²) in [6, 6.07) is 3.86. The van der Waals surface area contributed by atoms with E-state index >= 15 is 0 Å². The third-order valence-corrected chi connectivity index (χ3v) is 2.12. The number of aromatic nitrogens is 1. The maximum absolute atomic E-state index is 10.6. The lowest BCUT2D eigenvalue weighted by molar-refractivity contribution is 0.307. The molecule has 0 unspecified atom stereocenters. The lowest BCUT2D eigenvalue weighted by Gasteiger charge is -2.02. The average molecular weight is 203 g/mol. The van der Waals surface area contributed by atoms with Crippen molar-refractivity contribution in [3.63, 3.8) is 0 Å². The minimum Gasteiger partial charge on any atom is -0.354 e. The molecule has 5 heteroatoms. The van der Waals surface area contributed by atoms with Crippen LogP contribution in [0.1, 0.15) is 6.42 Å². The molecule has 1 rings (SSSR count). The lowest BCUT2D eigenvalue weighted by atomic mass is 10.4. The topological polar surface area (TPSA) is 48.3 Å². The number of nitrogens with zero attached hydrogens (tertiary/aromatic N) is 1. The van der Waals surface area contributed by atoms with E-state index < -0.39 is 10.1 Å². The standard InChI is InChI=1S/C8H13NO3S/c1-13(10,11)12-8-4-7-9-5-2-3-6-9/h2-3,5-6H,4,7-8H2,1H3. The van der Waals surface area contributed by atoms with Crippen molar-refractivity contribution in [2.45, 2.75) is 13.0 Å². The van der Waals surface area contributed by atoms with E-state index in [0.29, 0.717) is 6.42 Å². The van der Waals surface area contributed by atoms with Gasteiger partial charge in [0.1, 0.15) is 0 Å². The van der Waals surface area contributed by atoms with Gasteiger partial charge in [-0.3, -0.25) is 4.18 Å². The van der Waals surface area contributed by atoms with E-state index in [1.807, 2.05) is 29.1 Å². The molecule has 0 aliphatic rings. The normalized spacial score (nSPS) is 11.8. The maximum atomic E-state index is 10.6. The van der Waals surface area contributed by atoms with E-state index in [1.54, 1.807) is 0 Å². The Morgan fingerprint density at radius 2 is 1.92 bits per heavy atom. The molecule has 0 saturated heterocycles. The van der Waals surface area contributed by atoms with Crippen molar-refractivity contribution in [3.8, 4) is 0 Å². The molecule has 1 heterocycles. The fourth-order valence-corrected chi connectivity index (χ4v) is 1.40. The third-order valence-electron chi connectivity index (χ3n) is 1.52. The van der Waals surface area contributed by atoms with Gasteiger partial charge in [-0.2, -0.15) is 8.42 Å². The highest BCUT2D eigenvalue weighted by Crippen LogP contribution is 1.95. The Bertz CT molecular complexity index is 328. The maximum Gasteiger partial charge on any atom is 0.264 e. The van der Waals surface area contributed by atoms with E-state index in [-0.39, 0.29) is 6.61 Å². The zero-order valence-electron chi connectivity index (χ0n) is 7.51. The molecule has 1 aromatic heterocycles. The largest absolute Gasteiger partial charge is 0.354 e. The van der Waals surface area contributed by atoms with Gasteiger partial charge < -0.3 is 4.57 Å². The highest BCUT2D eigenvalue weighted by molar-refractivity contribution is 7.85. The summed E-state index contributed by atoms with van der Waals surface area (Å²) in [6.45, 7) is 1.03. The Balaban J connectivity index is 2.16. The van der Waals surface area contributed by atoms with Gasteiger partial charge in [0.25, 0.3) is 10.1 Å². The lowest BCUT2D eigenvalue weighted by Crippen LogP contribution is -2.06. The van der Waals surface area contributed by atoms with Gasteiger partial charge in [0, 0.05) is 18.9 Å². The first-order valence-corrected chi connectivity index (χ1v) is 5.85. The van der Waals surface area contributed by atoms with Crippen LogP contribution in [0.15, 0.2) is 24.5 Å². The van der Waals surface area contributed by atoms with Crippen molar-refractivity contribution < 1.29 is 12.6 Å². The van der Waals surface area contributed by atoms with Crippen LogP contribution < -0.4 is 0 Å². The molecule has 0 fully saturated rings. The Kier molecular flexibility index (Phi) is 3.50. The predicted molar refractivity (Wildman–Crippen MR) is 49.8 cm³/mol. The molecule has 1 aromatic rings. The second kappa shape index (κ2) is 4.43. The highest BCUT2D eigenvalue weighted by atomic mass is 32.2. The monoisotopic (exact) mass is 203 g/mol. The summed E-state index contributed by atoms with van der Waals surface area (Å²) >= 11 is 0. The van der Waals surface area contributed by atoms with Crippen LogP contribution in [0.25, 0.3) is 0 Å². The molecule has 0 aromatic carbocycles. The van der Waals surface area contributed by atoms with E-state index in [4.69, 9.17) is 0 Å². The molecule has 0 radical (unpaired) electrons. The zero-order chi connectivity index (χ0) is 9.73. The molecule has 0 N–H and O–H groups in total. The van der Waals surface area contributed by atoms with Gasteiger partial charge >= 0.3 is 0 Å². The van der Waals surface area contributed by atoms with Crippen LogP contribution in [-0.2, 0) is 20.8 Å². The Morgan fingerprint density at radius 1 is 1.31 bits per heavy atom. The van der Waals surface area contributed by atoms with Crippen LogP contribution in [0.2, 0.25) is 0 Å². The molecule has 0 bridgehead atoms. The SMILES string of the molecule is CS(=O)(=O)OCCCn1cccc1. The van der Waals surface area contributed by atoms with Gasteiger partial charge in [0.15, 0.2) is 0 Å². The number of aryl methyl sites for hydroxylation is 1. The smallest absolute Gasteiger partial charge is 0.264 e. The van der Waals surface area contributed by atoms with Crippen LogP contribution in [0.3, 0.4) is 0 Å².